The molecule has 4 nitrogen and oxygen atoms in total. The van der Waals surface area contributed by atoms with E-state index in [4.69, 9.17) is 16.3 Å². The zero-order valence-corrected chi connectivity index (χ0v) is 15.9. The highest BCUT2D eigenvalue weighted by molar-refractivity contribution is 14.1. The lowest BCUT2D eigenvalue weighted by Crippen LogP contribution is -2.49. The second kappa shape index (κ2) is 8.07. The van der Waals surface area contributed by atoms with E-state index in [0.717, 1.165) is 32.7 Å². The van der Waals surface area contributed by atoms with Crippen LogP contribution in [0.2, 0.25) is 5.02 Å². The zero-order valence-electron chi connectivity index (χ0n) is 13.0. The number of hydrogen-bond acceptors (Lipinski definition) is 3. The van der Waals surface area contributed by atoms with Gasteiger partial charge in [0.25, 0.3) is 0 Å². The van der Waals surface area contributed by atoms with Gasteiger partial charge in [-0.05, 0) is 59.2 Å². The number of carbonyl (C=O) groups excluding carboxylic acids is 1. The van der Waals surface area contributed by atoms with Crippen LogP contribution in [0.1, 0.15) is 18.4 Å². The van der Waals surface area contributed by atoms with E-state index in [-0.39, 0.29) is 12.1 Å². The minimum Gasteiger partial charge on any atom is -0.445 e. The van der Waals surface area contributed by atoms with Crippen molar-refractivity contribution in [2.24, 2.45) is 0 Å². The number of benzene rings is 2. The highest BCUT2D eigenvalue weighted by Crippen LogP contribution is 2.28. The normalized spacial score (nSPS) is 19.2. The molecule has 2 aromatic carbocycles. The van der Waals surface area contributed by atoms with Crippen LogP contribution in [0.5, 0.6) is 0 Å². The van der Waals surface area contributed by atoms with Crippen LogP contribution in [0, 0.1) is 3.57 Å². The summed E-state index contributed by atoms with van der Waals surface area (Å²) < 4.78 is 6.33. The molecule has 0 aliphatic heterocycles. The van der Waals surface area contributed by atoms with Crippen molar-refractivity contribution in [2.45, 2.75) is 31.5 Å². The second-order valence-corrected chi connectivity index (χ2v) is 7.44. The minimum absolute atomic E-state index is 0.163. The third-order valence-corrected chi connectivity index (χ3v) is 5.09. The van der Waals surface area contributed by atoms with Crippen molar-refractivity contribution >= 4 is 46.0 Å². The van der Waals surface area contributed by atoms with Crippen molar-refractivity contribution in [2.75, 3.05) is 5.32 Å². The Morgan fingerprint density at radius 2 is 1.92 bits per heavy atom. The number of anilines is 1. The van der Waals surface area contributed by atoms with Crippen molar-refractivity contribution < 1.29 is 9.53 Å². The summed E-state index contributed by atoms with van der Waals surface area (Å²) in [5.74, 6) is 0. The standard InChI is InChI=1S/C18H18ClIN2O2/c19-13-6-7-17(16(20)8-13)21-14-9-15(10-14)22-18(23)24-11-12-4-2-1-3-5-12/h1-8,14-15,21H,9-11H2,(H,22,23). The molecule has 2 N–H and O–H groups in total. The summed E-state index contributed by atoms with van der Waals surface area (Å²) in [5, 5.41) is 7.11. The molecule has 1 fully saturated rings. The molecule has 1 aliphatic rings. The Morgan fingerprint density at radius 1 is 1.17 bits per heavy atom. The number of alkyl carbamates (subject to hydrolysis) is 1. The van der Waals surface area contributed by atoms with E-state index in [2.05, 4.69) is 33.2 Å². The van der Waals surface area contributed by atoms with Crippen LogP contribution in [-0.4, -0.2) is 18.2 Å². The van der Waals surface area contributed by atoms with Crippen LogP contribution in [0.15, 0.2) is 48.5 Å². The van der Waals surface area contributed by atoms with Crippen molar-refractivity contribution in [1.29, 1.82) is 0 Å². The van der Waals surface area contributed by atoms with Gasteiger partial charge >= 0.3 is 6.09 Å². The molecule has 0 aromatic heterocycles. The number of nitrogens with one attached hydrogen (secondary N) is 2. The molecule has 0 heterocycles. The van der Waals surface area contributed by atoms with Crippen LogP contribution in [-0.2, 0) is 11.3 Å². The quantitative estimate of drug-likeness (QED) is 0.635. The van der Waals surface area contributed by atoms with Crippen LogP contribution in [0.4, 0.5) is 10.5 Å². The molecule has 126 valence electrons. The number of carbonyl (C=O) groups is 1. The van der Waals surface area contributed by atoms with Gasteiger partial charge in [0.2, 0.25) is 0 Å². The second-order valence-electron chi connectivity index (χ2n) is 5.84. The zero-order chi connectivity index (χ0) is 16.9. The molecule has 0 unspecified atom stereocenters. The topological polar surface area (TPSA) is 50.4 Å². The molecule has 0 radical (unpaired) electrons. The Hall–Kier alpha value is -1.47. The van der Waals surface area contributed by atoms with Gasteiger partial charge in [-0.15, -0.1) is 0 Å². The average molecular weight is 457 g/mol. The van der Waals surface area contributed by atoms with E-state index >= 15 is 0 Å². The highest BCUT2D eigenvalue weighted by Gasteiger charge is 2.30. The first kappa shape index (κ1) is 17.4. The Labute approximate surface area is 160 Å². The SMILES string of the molecule is O=C(NC1CC(Nc2ccc(Cl)cc2I)C1)OCc1ccccc1. The van der Waals surface area contributed by atoms with Gasteiger partial charge in [-0.2, -0.15) is 0 Å². The van der Waals surface area contributed by atoms with Gasteiger partial charge in [-0.25, -0.2) is 4.79 Å². The third kappa shape index (κ3) is 4.77. The number of rotatable bonds is 5. The van der Waals surface area contributed by atoms with Crippen LogP contribution < -0.4 is 10.6 Å². The van der Waals surface area contributed by atoms with Crippen molar-refractivity contribution in [3.8, 4) is 0 Å². The van der Waals surface area contributed by atoms with E-state index in [1.165, 1.54) is 0 Å². The van der Waals surface area contributed by atoms with Gasteiger partial charge in [-0.3, -0.25) is 0 Å². The summed E-state index contributed by atoms with van der Waals surface area (Å²) in [6.07, 6.45) is 1.42. The molecule has 1 amide bonds. The average Bonchev–Trinajstić information content (AvgIpc) is 2.54. The molecule has 2 aromatic rings. The first-order valence-electron chi connectivity index (χ1n) is 7.79. The van der Waals surface area contributed by atoms with E-state index in [1.54, 1.807) is 0 Å². The molecular weight excluding hydrogens is 439 g/mol. The van der Waals surface area contributed by atoms with Crippen LogP contribution in [0.3, 0.4) is 0 Å². The molecule has 1 aliphatic carbocycles. The van der Waals surface area contributed by atoms with E-state index in [0.29, 0.717) is 12.6 Å². The third-order valence-electron chi connectivity index (χ3n) is 3.96. The van der Waals surface area contributed by atoms with E-state index < -0.39 is 0 Å². The smallest absolute Gasteiger partial charge is 0.407 e. The van der Waals surface area contributed by atoms with E-state index in [9.17, 15) is 4.79 Å². The maximum atomic E-state index is 11.8. The first-order chi connectivity index (χ1) is 11.6. The summed E-state index contributed by atoms with van der Waals surface area (Å²) in [7, 11) is 0. The van der Waals surface area contributed by atoms with Gasteiger partial charge in [0.05, 0.1) is 0 Å². The maximum absolute atomic E-state index is 11.8. The summed E-state index contributed by atoms with van der Waals surface area (Å²) >= 11 is 8.23. The van der Waals surface area contributed by atoms with Gasteiger partial charge in [0, 0.05) is 26.4 Å². The summed E-state index contributed by atoms with van der Waals surface area (Å²) in [6.45, 7) is 0.296. The van der Waals surface area contributed by atoms with Gasteiger partial charge in [-0.1, -0.05) is 41.9 Å². The molecular formula is C18H18ClIN2O2. The number of ether oxygens (including phenoxy) is 1. The fraction of sp³-hybridized carbons (Fsp3) is 0.278. The molecule has 24 heavy (non-hydrogen) atoms. The molecule has 0 atom stereocenters. The molecule has 0 spiro atoms. The predicted molar refractivity (Wildman–Crippen MR) is 104 cm³/mol. The van der Waals surface area contributed by atoms with Crippen LogP contribution >= 0.6 is 34.2 Å². The molecule has 0 saturated heterocycles. The summed E-state index contributed by atoms with van der Waals surface area (Å²) in [6, 6.07) is 16.0. The largest absolute Gasteiger partial charge is 0.445 e. The molecule has 3 rings (SSSR count). The van der Waals surface area contributed by atoms with Gasteiger partial charge < -0.3 is 15.4 Å². The number of amides is 1. The summed E-state index contributed by atoms with van der Waals surface area (Å²) in [5.41, 5.74) is 2.06. The molecule has 0 bridgehead atoms. The monoisotopic (exact) mass is 456 g/mol. The Kier molecular flexibility index (Phi) is 5.84. The highest BCUT2D eigenvalue weighted by atomic mass is 127. The van der Waals surface area contributed by atoms with Crippen molar-refractivity contribution in [3.05, 3.63) is 62.7 Å². The fourth-order valence-corrected chi connectivity index (χ4v) is 3.64. The Morgan fingerprint density at radius 3 is 2.62 bits per heavy atom. The lowest BCUT2D eigenvalue weighted by Gasteiger charge is -2.36. The molecule has 1 saturated carbocycles. The van der Waals surface area contributed by atoms with E-state index in [1.807, 2.05) is 48.5 Å². The fourth-order valence-electron chi connectivity index (χ4n) is 2.61. The Bertz CT molecular complexity index is 705. The van der Waals surface area contributed by atoms with Gasteiger partial charge in [0.1, 0.15) is 6.61 Å². The van der Waals surface area contributed by atoms with Gasteiger partial charge in [0.15, 0.2) is 0 Å². The van der Waals surface area contributed by atoms with Crippen molar-refractivity contribution in [3.63, 3.8) is 0 Å². The summed E-state index contributed by atoms with van der Waals surface area (Å²) in [4.78, 5) is 11.8. The lowest BCUT2D eigenvalue weighted by atomic mass is 9.86. The maximum Gasteiger partial charge on any atom is 0.407 e. The number of halogens is 2. The number of hydrogen-bond donors (Lipinski definition) is 2. The van der Waals surface area contributed by atoms with Crippen LogP contribution in [0.25, 0.3) is 0 Å². The first-order valence-corrected chi connectivity index (χ1v) is 9.24. The minimum atomic E-state index is -0.358. The van der Waals surface area contributed by atoms with Crippen molar-refractivity contribution in [1.82, 2.24) is 5.32 Å². The lowest BCUT2D eigenvalue weighted by molar-refractivity contribution is 0.129. The Balaban J connectivity index is 1.38. The molecule has 6 heteroatoms. The predicted octanol–water partition coefficient (Wildman–Crippen LogP) is 4.81.